The Labute approximate surface area is 189 Å². The van der Waals surface area contributed by atoms with Crippen molar-refractivity contribution in [2.45, 2.75) is 59.5 Å². The number of ether oxygens (including phenoxy) is 1. The monoisotopic (exact) mass is 433 g/mol. The van der Waals surface area contributed by atoms with Crippen molar-refractivity contribution in [1.29, 1.82) is 5.26 Å². The summed E-state index contributed by atoms with van der Waals surface area (Å²) in [7, 11) is 0. The molecule has 3 rings (SSSR count). The Bertz CT molecular complexity index is 1070. The second-order valence-electron chi connectivity index (χ2n) is 8.79. The number of rotatable bonds is 7. The second kappa shape index (κ2) is 10.3. The molecular weight excluding hydrogens is 402 g/mol. The number of aryl methyl sites for hydroxylation is 2. The van der Waals surface area contributed by atoms with E-state index in [1.807, 2.05) is 44.2 Å². The van der Waals surface area contributed by atoms with Crippen LogP contribution in [-0.2, 0) is 27.3 Å². The maximum absolute atomic E-state index is 12.5. The fourth-order valence-corrected chi connectivity index (χ4v) is 4.26. The zero-order chi connectivity index (χ0) is 23.3. The second-order valence-corrected chi connectivity index (χ2v) is 8.79. The van der Waals surface area contributed by atoms with E-state index in [2.05, 4.69) is 29.8 Å². The van der Waals surface area contributed by atoms with Gasteiger partial charge in [0.05, 0.1) is 6.04 Å². The van der Waals surface area contributed by atoms with E-state index in [1.54, 1.807) is 0 Å². The number of aromatic nitrogens is 1. The fourth-order valence-electron chi connectivity index (χ4n) is 4.26. The van der Waals surface area contributed by atoms with E-state index in [0.717, 1.165) is 48.3 Å². The lowest BCUT2D eigenvalue weighted by Crippen LogP contribution is -2.34. The summed E-state index contributed by atoms with van der Waals surface area (Å²) in [6.07, 6.45) is 4.40. The van der Waals surface area contributed by atoms with Gasteiger partial charge in [-0.2, -0.15) is 5.26 Å². The van der Waals surface area contributed by atoms with Gasteiger partial charge in [-0.1, -0.05) is 38.1 Å². The lowest BCUT2D eigenvalue weighted by atomic mass is 9.88. The molecule has 0 bridgehead atoms. The van der Waals surface area contributed by atoms with E-state index in [0.29, 0.717) is 5.92 Å². The number of hydrogen-bond acceptors (Lipinski definition) is 4. The van der Waals surface area contributed by atoms with Crippen molar-refractivity contribution in [3.8, 4) is 6.07 Å². The van der Waals surface area contributed by atoms with Gasteiger partial charge in [-0.25, -0.2) is 4.79 Å². The number of nitrogens with zero attached hydrogens (tertiary/aromatic N) is 2. The molecule has 0 saturated heterocycles. The molecule has 2 aromatic rings. The Morgan fingerprint density at radius 1 is 1.31 bits per heavy atom. The normalized spacial score (nSPS) is 15.8. The Morgan fingerprint density at radius 3 is 2.78 bits per heavy atom. The van der Waals surface area contributed by atoms with Crippen molar-refractivity contribution in [3.63, 3.8) is 0 Å². The highest BCUT2D eigenvalue weighted by atomic mass is 16.5. The van der Waals surface area contributed by atoms with Gasteiger partial charge in [-0.3, -0.25) is 4.79 Å². The summed E-state index contributed by atoms with van der Waals surface area (Å²) in [6.45, 7) is 8.71. The van der Waals surface area contributed by atoms with E-state index in [9.17, 15) is 14.9 Å². The SMILES string of the molecule is Cc1cc(/C=C(\C#N)C(=O)OCC(=O)NC2CCCc3ccccc32)c(C)n1CC(C)C. The van der Waals surface area contributed by atoms with Crippen molar-refractivity contribution in [2.75, 3.05) is 6.61 Å². The lowest BCUT2D eigenvalue weighted by molar-refractivity contribution is -0.144. The Balaban J connectivity index is 1.63. The summed E-state index contributed by atoms with van der Waals surface area (Å²) in [4.78, 5) is 24.9. The largest absolute Gasteiger partial charge is 0.451 e. The molecule has 0 aliphatic heterocycles. The molecule has 6 heteroatoms. The van der Waals surface area contributed by atoms with E-state index in [1.165, 1.54) is 11.6 Å². The third kappa shape index (κ3) is 5.47. The maximum atomic E-state index is 12.5. The first-order chi connectivity index (χ1) is 15.3. The highest BCUT2D eigenvalue weighted by Crippen LogP contribution is 2.29. The Morgan fingerprint density at radius 2 is 2.06 bits per heavy atom. The molecule has 1 heterocycles. The van der Waals surface area contributed by atoms with Crippen LogP contribution in [0.2, 0.25) is 0 Å². The summed E-state index contributed by atoms with van der Waals surface area (Å²) in [5.74, 6) is -0.681. The molecule has 0 saturated carbocycles. The molecule has 1 aliphatic carbocycles. The Hall–Kier alpha value is -3.33. The first kappa shape index (κ1) is 23.3. The van der Waals surface area contributed by atoms with Crippen molar-refractivity contribution >= 4 is 18.0 Å². The average Bonchev–Trinajstić information content (AvgIpc) is 3.03. The molecule has 0 spiro atoms. The molecule has 0 fully saturated rings. The molecule has 1 N–H and O–H groups in total. The number of carbonyl (C=O) groups excluding carboxylic acids is 2. The van der Waals surface area contributed by atoms with E-state index in [-0.39, 0.29) is 17.5 Å². The molecule has 6 nitrogen and oxygen atoms in total. The van der Waals surface area contributed by atoms with Gasteiger partial charge in [-0.05, 0) is 67.9 Å². The fraction of sp³-hybridized carbons (Fsp3) is 0.423. The number of nitriles is 1. The number of esters is 1. The highest BCUT2D eigenvalue weighted by molar-refractivity contribution is 5.99. The maximum Gasteiger partial charge on any atom is 0.349 e. The number of fused-ring (bicyclic) bond motifs is 1. The summed E-state index contributed by atoms with van der Waals surface area (Å²) in [5, 5.41) is 12.4. The molecule has 1 unspecified atom stereocenters. The molecule has 1 amide bonds. The molecule has 1 atom stereocenters. The van der Waals surface area contributed by atoms with Gasteiger partial charge >= 0.3 is 5.97 Å². The van der Waals surface area contributed by atoms with Crippen LogP contribution in [0.4, 0.5) is 0 Å². The van der Waals surface area contributed by atoms with Gasteiger partial charge < -0.3 is 14.6 Å². The van der Waals surface area contributed by atoms with Crippen molar-refractivity contribution in [1.82, 2.24) is 9.88 Å². The van der Waals surface area contributed by atoms with Crippen LogP contribution in [0.15, 0.2) is 35.9 Å². The van der Waals surface area contributed by atoms with Crippen LogP contribution in [-0.4, -0.2) is 23.1 Å². The molecule has 1 aromatic heterocycles. The predicted octanol–water partition coefficient (Wildman–Crippen LogP) is 4.40. The van der Waals surface area contributed by atoms with Gasteiger partial charge in [-0.15, -0.1) is 0 Å². The topological polar surface area (TPSA) is 84.1 Å². The third-order valence-corrected chi connectivity index (χ3v) is 5.84. The van der Waals surface area contributed by atoms with Crippen LogP contribution in [0, 0.1) is 31.1 Å². The van der Waals surface area contributed by atoms with Crippen molar-refractivity contribution in [2.24, 2.45) is 5.92 Å². The quantitative estimate of drug-likeness (QED) is 0.398. The average molecular weight is 434 g/mol. The van der Waals surface area contributed by atoms with E-state index < -0.39 is 12.6 Å². The first-order valence-electron chi connectivity index (χ1n) is 11.1. The van der Waals surface area contributed by atoms with Gasteiger partial charge in [0.1, 0.15) is 11.6 Å². The number of nitrogens with one attached hydrogen (secondary N) is 1. The Kier molecular flexibility index (Phi) is 7.53. The lowest BCUT2D eigenvalue weighted by Gasteiger charge is -2.26. The van der Waals surface area contributed by atoms with Crippen LogP contribution >= 0.6 is 0 Å². The number of amides is 1. The van der Waals surface area contributed by atoms with Gasteiger partial charge in [0, 0.05) is 17.9 Å². The molecule has 168 valence electrons. The van der Waals surface area contributed by atoms with Gasteiger partial charge in [0.25, 0.3) is 5.91 Å². The number of benzene rings is 1. The van der Waals surface area contributed by atoms with Crippen LogP contribution in [0.1, 0.15) is 60.8 Å². The summed E-state index contributed by atoms with van der Waals surface area (Å²) in [6, 6.07) is 11.9. The number of hydrogen-bond donors (Lipinski definition) is 1. The smallest absolute Gasteiger partial charge is 0.349 e. The molecule has 1 aromatic carbocycles. The first-order valence-corrected chi connectivity index (χ1v) is 11.1. The minimum absolute atomic E-state index is 0.0801. The molecule has 32 heavy (non-hydrogen) atoms. The van der Waals surface area contributed by atoms with Crippen LogP contribution in [0.3, 0.4) is 0 Å². The van der Waals surface area contributed by atoms with Crippen molar-refractivity contribution in [3.05, 3.63) is 64.0 Å². The van der Waals surface area contributed by atoms with Gasteiger partial charge in [0.15, 0.2) is 6.61 Å². The zero-order valence-corrected chi connectivity index (χ0v) is 19.3. The predicted molar refractivity (Wildman–Crippen MR) is 124 cm³/mol. The minimum atomic E-state index is -0.791. The van der Waals surface area contributed by atoms with E-state index >= 15 is 0 Å². The van der Waals surface area contributed by atoms with E-state index in [4.69, 9.17) is 4.74 Å². The number of carbonyl (C=O) groups is 2. The summed E-state index contributed by atoms with van der Waals surface area (Å²) in [5.41, 5.74) is 5.11. The van der Waals surface area contributed by atoms with Gasteiger partial charge in [0.2, 0.25) is 0 Å². The van der Waals surface area contributed by atoms with Crippen molar-refractivity contribution < 1.29 is 14.3 Å². The minimum Gasteiger partial charge on any atom is -0.451 e. The molecule has 1 aliphatic rings. The van der Waals surface area contributed by atoms with Crippen LogP contribution in [0.25, 0.3) is 6.08 Å². The standard InChI is InChI=1S/C26H31N3O3/c1-17(2)15-29-18(3)12-21(19(29)4)13-22(14-27)26(31)32-16-25(30)28-24-11-7-9-20-8-5-6-10-23(20)24/h5-6,8,10,12-13,17,24H,7,9,11,15-16H2,1-4H3,(H,28,30)/b22-13+. The zero-order valence-electron chi connectivity index (χ0n) is 19.3. The summed E-state index contributed by atoms with van der Waals surface area (Å²) >= 11 is 0. The van der Waals surface area contributed by atoms with Crippen LogP contribution < -0.4 is 5.32 Å². The molecular formula is C26H31N3O3. The molecule has 0 radical (unpaired) electrons. The summed E-state index contributed by atoms with van der Waals surface area (Å²) < 4.78 is 7.32. The third-order valence-electron chi connectivity index (χ3n) is 5.84. The highest BCUT2D eigenvalue weighted by Gasteiger charge is 2.22. The van der Waals surface area contributed by atoms with Crippen LogP contribution in [0.5, 0.6) is 0 Å².